The molecule has 1 aliphatic heterocycles. The Bertz CT molecular complexity index is 320. The molecule has 1 heterocycles. The minimum Gasteiger partial charge on any atom is -0.312 e. The first-order chi connectivity index (χ1) is 6.31. The lowest BCUT2D eigenvalue weighted by molar-refractivity contribution is -0.122. The molecule has 1 aromatic rings. The third-order valence-corrected chi connectivity index (χ3v) is 3.13. The molecule has 3 heteroatoms. The maximum atomic E-state index is 11.1. The fourth-order valence-corrected chi connectivity index (χ4v) is 1.86. The van der Waals surface area contributed by atoms with E-state index in [0.29, 0.717) is 6.42 Å². The van der Waals surface area contributed by atoms with Crippen LogP contribution in [0.5, 0.6) is 0 Å². The SMILES string of the molecule is O=C1CCN1c1ccc(CI)cc1. The summed E-state index contributed by atoms with van der Waals surface area (Å²) in [5.74, 6) is 0.238. The minimum atomic E-state index is 0.238. The van der Waals surface area contributed by atoms with Gasteiger partial charge >= 0.3 is 0 Å². The first-order valence-electron chi connectivity index (χ1n) is 4.26. The largest absolute Gasteiger partial charge is 0.312 e. The molecule has 0 radical (unpaired) electrons. The third-order valence-electron chi connectivity index (χ3n) is 2.25. The zero-order valence-electron chi connectivity index (χ0n) is 7.16. The Hall–Kier alpha value is -0.580. The van der Waals surface area contributed by atoms with Crippen molar-refractivity contribution < 1.29 is 4.79 Å². The number of hydrogen-bond donors (Lipinski definition) is 0. The Morgan fingerprint density at radius 2 is 2.00 bits per heavy atom. The van der Waals surface area contributed by atoms with Gasteiger partial charge in [0.1, 0.15) is 0 Å². The third kappa shape index (κ3) is 1.70. The highest BCUT2D eigenvalue weighted by molar-refractivity contribution is 14.1. The van der Waals surface area contributed by atoms with Crippen LogP contribution in [0.25, 0.3) is 0 Å². The highest BCUT2D eigenvalue weighted by Crippen LogP contribution is 2.22. The Labute approximate surface area is 91.1 Å². The van der Waals surface area contributed by atoms with Gasteiger partial charge < -0.3 is 4.90 Å². The molecule has 2 nitrogen and oxygen atoms in total. The van der Waals surface area contributed by atoms with E-state index in [2.05, 4.69) is 34.7 Å². The van der Waals surface area contributed by atoms with Crippen molar-refractivity contribution in [3.63, 3.8) is 0 Å². The lowest BCUT2D eigenvalue weighted by Crippen LogP contribution is -2.43. The standard InChI is InChI=1S/C10H10INO/c11-7-8-1-3-9(4-2-8)12-6-5-10(12)13/h1-4H,5-7H2. The van der Waals surface area contributed by atoms with Crippen LogP contribution in [0.2, 0.25) is 0 Å². The first kappa shape index (κ1) is 8.99. The normalized spacial score (nSPS) is 15.8. The lowest BCUT2D eigenvalue weighted by atomic mass is 10.1. The number of benzene rings is 1. The summed E-state index contributed by atoms with van der Waals surface area (Å²) in [6.45, 7) is 0.877. The van der Waals surface area contributed by atoms with Crippen LogP contribution in [-0.2, 0) is 9.22 Å². The van der Waals surface area contributed by atoms with Crippen molar-refractivity contribution >= 4 is 34.2 Å². The van der Waals surface area contributed by atoms with Gasteiger partial charge in [0.15, 0.2) is 0 Å². The second kappa shape index (κ2) is 3.65. The van der Waals surface area contributed by atoms with Gasteiger partial charge in [-0.15, -0.1) is 0 Å². The van der Waals surface area contributed by atoms with Crippen molar-refractivity contribution in [2.75, 3.05) is 11.4 Å². The van der Waals surface area contributed by atoms with Crippen LogP contribution in [0.15, 0.2) is 24.3 Å². The summed E-state index contributed by atoms with van der Waals surface area (Å²) in [4.78, 5) is 12.9. The Balaban J connectivity index is 2.18. The van der Waals surface area contributed by atoms with E-state index in [0.717, 1.165) is 16.7 Å². The van der Waals surface area contributed by atoms with E-state index in [4.69, 9.17) is 0 Å². The fraction of sp³-hybridized carbons (Fsp3) is 0.300. The van der Waals surface area contributed by atoms with E-state index in [9.17, 15) is 4.79 Å². The Morgan fingerprint density at radius 3 is 2.38 bits per heavy atom. The van der Waals surface area contributed by atoms with Crippen molar-refractivity contribution in [1.29, 1.82) is 0 Å². The average Bonchev–Trinajstić information content (AvgIpc) is 2.17. The number of alkyl halides is 1. The van der Waals surface area contributed by atoms with Gasteiger partial charge in [-0.25, -0.2) is 0 Å². The van der Waals surface area contributed by atoms with Gasteiger partial charge in [-0.05, 0) is 17.7 Å². The van der Waals surface area contributed by atoms with Gasteiger partial charge in [-0.3, -0.25) is 4.79 Å². The molecule has 68 valence electrons. The summed E-state index contributed by atoms with van der Waals surface area (Å²) in [5, 5.41) is 0. The summed E-state index contributed by atoms with van der Waals surface area (Å²) < 4.78 is 1.02. The molecule has 0 bridgehead atoms. The van der Waals surface area contributed by atoms with Gasteiger partial charge in [-0.1, -0.05) is 34.7 Å². The van der Waals surface area contributed by atoms with Crippen molar-refractivity contribution in [3.8, 4) is 0 Å². The number of carbonyl (C=O) groups excluding carboxylic acids is 1. The van der Waals surface area contributed by atoms with Gasteiger partial charge in [0.25, 0.3) is 0 Å². The van der Waals surface area contributed by atoms with Crippen LogP contribution in [0, 0.1) is 0 Å². The van der Waals surface area contributed by atoms with Crippen LogP contribution in [-0.4, -0.2) is 12.5 Å². The van der Waals surface area contributed by atoms with E-state index >= 15 is 0 Å². The van der Waals surface area contributed by atoms with E-state index in [1.54, 1.807) is 0 Å². The number of carbonyl (C=O) groups is 1. The summed E-state index contributed by atoms with van der Waals surface area (Å²) in [6, 6.07) is 8.19. The zero-order valence-corrected chi connectivity index (χ0v) is 9.32. The average molecular weight is 287 g/mol. The van der Waals surface area contributed by atoms with Crippen molar-refractivity contribution in [2.45, 2.75) is 10.8 Å². The molecule has 1 aliphatic rings. The Kier molecular flexibility index (Phi) is 2.53. The summed E-state index contributed by atoms with van der Waals surface area (Å²) in [5.41, 5.74) is 2.34. The topological polar surface area (TPSA) is 20.3 Å². The molecule has 2 rings (SSSR count). The molecule has 0 saturated carbocycles. The zero-order chi connectivity index (χ0) is 9.26. The maximum Gasteiger partial charge on any atom is 0.228 e. The van der Waals surface area contributed by atoms with E-state index < -0.39 is 0 Å². The highest BCUT2D eigenvalue weighted by Gasteiger charge is 2.24. The molecule has 0 spiro atoms. The molecule has 1 aromatic carbocycles. The molecule has 1 saturated heterocycles. The summed E-state index contributed by atoms with van der Waals surface area (Å²) in [6.07, 6.45) is 0.702. The van der Waals surface area contributed by atoms with Crippen LogP contribution in [0.3, 0.4) is 0 Å². The predicted octanol–water partition coefficient (Wildman–Crippen LogP) is 2.36. The van der Waals surface area contributed by atoms with E-state index in [1.165, 1.54) is 5.56 Å². The van der Waals surface area contributed by atoms with Crippen LogP contribution >= 0.6 is 22.6 Å². The second-order valence-electron chi connectivity index (χ2n) is 3.10. The molecule has 0 N–H and O–H groups in total. The molecule has 1 fully saturated rings. The van der Waals surface area contributed by atoms with Crippen LogP contribution < -0.4 is 4.90 Å². The van der Waals surface area contributed by atoms with Gasteiger partial charge in [0, 0.05) is 23.1 Å². The first-order valence-corrected chi connectivity index (χ1v) is 5.79. The number of nitrogens with zero attached hydrogens (tertiary/aromatic N) is 1. The molecule has 13 heavy (non-hydrogen) atoms. The second-order valence-corrected chi connectivity index (χ2v) is 3.86. The number of β-lactam (4-membered cyclic amide) rings is 1. The van der Waals surface area contributed by atoms with E-state index in [1.807, 2.05) is 17.0 Å². The monoisotopic (exact) mass is 287 g/mol. The summed E-state index contributed by atoms with van der Waals surface area (Å²) >= 11 is 2.33. The molecule has 0 atom stereocenters. The fourth-order valence-electron chi connectivity index (χ4n) is 1.35. The van der Waals surface area contributed by atoms with Gasteiger partial charge in [-0.2, -0.15) is 0 Å². The number of halogens is 1. The highest BCUT2D eigenvalue weighted by atomic mass is 127. The smallest absolute Gasteiger partial charge is 0.228 e. The number of amides is 1. The minimum absolute atomic E-state index is 0.238. The number of hydrogen-bond acceptors (Lipinski definition) is 1. The number of rotatable bonds is 2. The molecule has 0 aromatic heterocycles. The van der Waals surface area contributed by atoms with Gasteiger partial charge in [0.05, 0.1) is 0 Å². The quantitative estimate of drug-likeness (QED) is 0.464. The molecular formula is C10H10INO. The van der Waals surface area contributed by atoms with E-state index in [-0.39, 0.29) is 5.91 Å². The molecular weight excluding hydrogens is 277 g/mol. The van der Waals surface area contributed by atoms with Gasteiger partial charge in [0.2, 0.25) is 5.91 Å². The number of anilines is 1. The molecule has 1 amide bonds. The molecule has 0 unspecified atom stereocenters. The molecule has 0 aliphatic carbocycles. The summed E-state index contributed by atoms with van der Waals surface area (Å²) in [7, 11) is 0. The Morgan fingerprint density at radius 1 is 1.31 bits per heavy atom. The maximum absolute atomic E-state index is 11.1. The van der Waals surface area contributed by atoms with Crippen LogP contribution in [0.4, 0.5) is 5.69 Å². The van der Waals surface area contributed by atoms with Crippen molar-refractivity contribution in [1.82, 2.24) is 0 Å². The predicted molar refractivity (Wildman–Crippen MR) is 61.1 cm³/mol. The lowest BCUT2D eigenvalue weighted by Gasteiger charge is -2.30. The van der Waals surface area contributed by atoms with Crippen molar-refractivity contribution in [2.24, 2.45) is 0 Å². The van der Waals surface area contributed by atoms with Crippen molar-refractivity contribution in [3.05, 3.63) is 29.8 Å². The van der Waals surface area contributed by atoms with Crippen LogP contribution in [0.1, 0.15) is 12.0 Å².